The van der Waals surface area contributed by atoms with E-state index in [1.807, 2.05) is 0 Å². The fraction of sp³-hybridized carbons (Fsp3) is 0.462. The van der Waals surface area contributed by atoms with Crippen LogP contribution in [0.15, 0.2) is 12.1 Å². The van der Waals surface area contributed by atoms with Crippen molar-refractivity contribution in [3.05, 3.63) is 29.3 Å². The molecule has 0 aliphatic heterocycles. The molecular weight excluding hydrogens is 270 g/mol. The van der Waals surface area contributed by atoms with Gasteiger partial charge in [-0.2, -0.15) is 0 Å². The first-order valence-corrected chi connectivity index (χ1v) is 6.00. The molecule has 20 heavy (non-hydrogen) atoms. The standard InChI is InChI=1S/C13H18F2N2O3/c1-13(2,3)20-12(19)17-6-10(16)8-4-7(14)5-9(15)11(8)18/h4-5,10,18H,6,16H2,1-3H3,(H,17,19). The third kappa shape index (κ3) is 4.65. The summed E-state index contributed by atoms with van der Waals surface area (Å²) in [7, 11) is 0. The number of ether oxygens (including phenoxy) is 1. The third-order valence-corrected chi connectivity index (χ3v) is 2.32. The van der Waals surface area contributed by atoms with Gasteiger partial charge in [0.2, 0.25) is 0 Å². The highest BCUT2D eigenvalue weighted by molar-refractivity contribution is 5.67. The summed E-state index contributed by atoms with van der Waals surface area (Å²) >= 11 is 0. The Labute approximate surface area is 115 Å². The first-order valence-electron chi connectivity index (χ1n) is 6.00. The highest BCUT2D eigenvalue weighted by Crippen LogP contribution is 2.26. The second-order valence-corrected chi connectivity index (χ2v) is 5.31. The van der Waals surface area contributed by atoms with Gasteiger partial charge in [0.1, 0.15) is 11.4 Å². The van der Waals surface area contributed by atoms with Crippen LogP contribution in [0.1, 0.15) is 32.4 Å². The fourth-order valence-electron chi connectivity index (χ4n) is 1.49. The van der Waals surface area contributed by atoms with E-state index in [0.717, 1.165) is 6.07 Å². The summed E-state index contributed by atoms with van der Waals surface area (Å²) < 4.78 is 31.2. The summed E-state index contributed by atoms with van der Waals surface area (Å²) in [6.07, 6.45) is -0.704. The van der Waals surface area contributed by atoms with E-state index in [9.17, 15) is 18.7 Å². The number of amides is 1. The molecule has 5 nitrogen and oxygen atoms in total. The lowest BCUT2D eigenvalue weighted by molar-refractivity contribution is 0.0524. The topological polar surface area (TPSA) is 84.6 Å². The van der Waals surface area contributed by atoms with E-state index in [1.54, 1.807) is 20.8 Å². The van der Waals surface area contributed by atoms with Gasteiger partial charge in [-0.15, -0.1) is 0 Å². The Morgan fingerprint density at radius 2 is 2.05 bits per heavy atom. The molecular formula is C13H18F2N2O3. The van der Waals surface area contributed by atoms with Crippen LogP contribution in [0.5, 0.6) is 5.75 Å². The number of hydrogen-bond acceptors (Lipinski definition) is 4. The second kappa shape index (κ2) is 6.04. The highest BCUT2D eigenvalue weighted by Gasteiger charge is 2.19. The Balaban J connectivity index is 2.68. The minimum Gasteiger partial charge on any atom is -0.505 e. The van der Waals surface area contributed by atoms with Gasteiger partial charge in [-0.1, -0.05) is 0 Å². The number of hydrogen-bond donors (Lipinski definition) is 3. The molecule has 1 unspecified atom stereocenters. The van der Waals surface area contributed by atoms with Crippen molar-refractivity contribution in [2.24, 2.45) is 5.73 Å². The molecule has 112 valence electrons. The van der Waals surface area contributed by atoms with Crippen LogP contribution in [0.2, 0.25) is 0 Å². The van der Waals surface area contributed by atoms with Gasteiger partial charge in [0.25, 0.3) is 0 Å². The summed E-state index contributed by atoms with van der Waals surface area (Å²) in [6.45, 7) is 4.95. The van der Waals surface area contributed by atoms with E-state index in [4.69, 9.17) is 10.5 Å². The number of carbonyl (C=O) groups excluding carboxylic acids is 1. The van der Waals surface area contributed by atoms with Crippen LogP contribution in [-0.4, -0.2) is 23.3 Å². The molecule has 0 saturated heterocycles. The first-order chi connectivity index (χ1) is 9.10. The van der Waals surface area contributed by atoms with Crippen molar-refractivity contribution in [2.45, 2.75) is 32.4 Å². The van der Waals surface area contributed by atoms with E-state index in [2.05, 4.69) is 5.32 Å². The van der Waals surface area contributed by atoms with Crippen molar-refractivity contribution in [3.63, 3.8) is 0 Å². The minimum atomic E-state index is -1.10. The van der Waals surface area contributed by atoms with Gasteiger partial charge in [-0.05, 0) is 26.8 Å². The molecule has 1 atom stereocenters. The average Bonchev–Trinajstić information content (AvgIpc) is 2.28. The number of alkyl carbamates (subject to hydrolysis) is 1. The molecule has 0 bridgehead atoms. The van der Waals surface area contributed by atoms with Crippen LogP contribution in [0.4, 0.5) is 13.6 Å². The van der Waals surface area contributed by atoms with Gasteiger partial charge in [0.05, 0.1) is 6.04 Å². The molecule has 0 fully saturated rings. The largest absolute Gasteiger partial charge is 0.505 e. The predicted molar refractivity (Wildman–Crippen MR) is 69.2 cm³/mol. The molecule has 0 saturated carbocycles. The molecule has 0 aromatic heterocycles. The molecule has 7 heteroatoms. The van der Waals surface area contributed by atoms with Crippen LogP contribution >= 0.6 is 0 Å². The highest BCUT2D eigenvalue weighted by atomic mass is 19.1. The Morgan fingerprint density at radius 3 is 2.60 bits per heavy atom. The molecule has 0 aliphatic carbocycles. The maximum absolute atomic E-state index is 13.2. The predicted octanol–water partition coefficient (Wildman–Crippen LogP) is 2.19. The van der Waals surface area contributed by atoms with E-state index in [1.165, 1.54) is 0 Å². The number of phenolic OH excluding ortho intramolecular Hbond substituents is 1. The number of rotatable bonds is 3. The number of nitrogens with one attached hydrogen (secondary N) is 1. The van der Waals surface area contributed by atoms with Crippen LogP contribution in [0.3, 0.4) is 0 Å². The molecule has 1 amide bonds. The SMILES string of the molecule is CC(C)(C)OC(=O)NCC(N)c1cc(F)cc(F)c1O. The monoisotopic (exact) mass is 288 g/mol. The molecule has 1 rings (SSSR count). The van der Waals surface area contributed by atoms with Crippen LogP contribution in [0, 0.1) is 11.6 Å². The van der Waals surface area contributed by atoms with E-state index in [-0.39, 0.29) is 12.1 Å². The lowest BCUT2D eigenvalue weighted by Gasteiger charge is -2.21. The number of nitrogens with two attached hydrogens (primary N) is 1. The lowest BCUT2D eigenvalue weighted by Crippen LogP contribution is -2.36. The van der Waals surface area contributed by atoms with Crippen molar-refractivity contribution in [3.8, 4) is 5.75 Å². The normalized spacial score (nSPS) is 12.9. The van der Waals surface area contributed by atoms with E-state index in [0.29, 0.717) is 6.07 Å². The Kier molecular flexibility index (Phi) is 4.88. The van der Waals surface area contributed by atoms with Gasteiger partial charge in [-0.3, -0.25) is 0 Å². The fourth-order valence-corrected chi connectivity index (χ4v) is 1.49. The number of carbonyl (C=O) groups is 1. The molecule has 0 radical (unpaired) electrons. The Hall–Kier alpha value is -1.89. The molecule has 1 aromatic carbocycles. The maximum Gasteiger partial charge on any atom is 0.407 e. The summed E-state index contributed by atoms with van der Waals surface area (Å²) in [5.41, 5.74) is 4.89. The number of benzene rings is 1. The summed E-state index contributed by atoms with van der Waals surface area (Å²) in [6, 6.07) is 0.500. The number of phenols is 1. The van der Waals surface area contributed by atoms with E-state index >= 15 is 0 Å². The van der Waals surface area contributed by atoms with Crippen molar-refractivity contribution in [1.82, 2.24) is 5.32 Å². The zero-order valence-corrected chi connectivity index (χ0v) is 11.5. The van der Waals surface area contributed by atoms with Crippen molar-refractivity contribution in [1.29, 1.82) is 0 Å². The Morgan fingerprint density at radius 1 is 1.45 bits per heavy atom. The summed E-state index contributed by atoms with van der Waals surface area (Å²) in [5, 5.41) is 11.8. The van der Waals surface area contributed by atoms with Gasteiger partial charge >= 0.3 is 6.09 Å². The van der Waals surface area contributed by atoms with Crippen LogP contribution in [0.25, 0.3) is 0 Å². The molecule has 1 aromatic rings. The zero-order valence-electron chi connectivity index (χ0n) is 11.5. The van der Waals surface area contributed by atoms with Crippen molar-refractivity contribution in [2.75, 3.05) is 6.54 Å². The van der Waals surface area contributed by atoms with Crippen molar-refractivity contribution < 1.29 is 23.4 Å². The number of aromatic hydroxyl groups is 1. The van der Waals surface area contributed by atoms with Crippen molar-refractivity contribution >= 4 is 6.09 Å². The maximum atomic E-state index is 13.2. The summed E-state index contributed by atoms with van der Waals surface area (Å²) in [5.74, 6) is -2.69. The number of halogens is 2. The smallest absolute Gasteiger partial charge is 0.407 e. The van der Waals surface area contributed by atoms with Gasteiger partial charge in [-0.25, -0.2) is 13.6 Å². The van der Waals surface area contributed by atoms with Crippen LogP contribution < -0.4 is 11.1 Å². The first kappa shape index (κ1) is 16.2. The van der Waals surface area contributed by atoms with Gasteiger partial charge in [0.15, 0.2) is 11.6 Å². The van der Waals surface area contributed by atoms with E-state index < -0.39 is 35.1 Å². The van der Waals surface area contributed by atoms with Gasteiger partial charge in [0, 0.05) is 18.2 Å². The summed E-state index contributed by atoms with van der Waals surface area (Å²) in [4.78, 5) is 11.4. The molecule has 4 N–H and O–H groups in total. The lowest BCUT2D eigenvalue weighted by atomic mass is 10.1. The molecule has 0 spiro atoms. The zero-order chi connectivity index (χ0) is 15.5. The quantitative estimate of drug-likeness (QED) is 0.796. The average molecular weight is 288 g/mol. The van der Waals surface area contributed by atoms with Crippen LogP contribution in [-0.2, 0) is 4.74 Å². The minimum absolute atomic E-state index is 0.126. The van der Waals surface area contributed by atoms with Gasteiger partial charge < -0.3 is 20.9 Å². The third-order valence-electron chi connectivity index (χ3n) is 2.32. The Bertz CT molecular complexity index is 501. The molecule has 0 heterocycles. The molecule has 0 aliphatic rings. The second-order valence-electron chi connectivity index (χ2n) is 5.31.